The van der Waals surface area contributed by atoms with Crippen molar-refractivity contribution >= 4 is 41.9 Å². The maximum atomic E-state index is 12.5. The van der Waals surface area contributed by atoms with Crippen LogP contribution in [0.5, 0.6) is 0 Å². The third-order valence-electron chi connectivity index (χ3n) is 5.43. The molecule has 3 rings (SSSR count). The first-order chi connectivity index (χ1) is 14.0. The molecule has 2 unspecified atom stereocenters. The van der Waals surface area contributed by atoms with Gasteiger partial charge in [-0.15, -0.1) is 36.2 Å². The molecule has 0 N–H and O–H groups in total. The molecule has 7 heteroatoms. The van der Waals surface area contributed by atoms with Crippen LogP contribution < -0.4 is 0 Å². The summed E-state index contributed by atoms with van der Waals surface area (Å²) in [5.41, 5.74) is 1.26. The van der Waals surface area contributed by atoms with Crippen LogP contribution in [-0.2, 0) is 4.74 Å². The van der Waals surface area contributed by atoms with Gasteiger partial charge in [0.15, 0.2) is 5.78 Å². The van der Waals surface area contributed by atoms with Crippen molar-refractivity contribution in [2.75, 3.05) is 45.9 Å². The first-order valence-electron chi connectivity index (χ1n) is 10.7. The number of rotatable bonds is 10. The lowest BCUT2D eigenvalue weighted by atomic mass is 10.0. The van der Waals surface area contributed by atoms with Gasteiger partial charge in [0.25, 0.3) is 0 Å². The van der Waals surface area contributed by atoms with E-state index in [1.165, 1.54) is 5.56 Å². The van der Waals surface area contributed by atoms with Crippen molar-refractivity contribution in [3.8, 4) is 0 Å². The number of ether oxygens (including phenoxy) is 1. The first-order valence-corrected chi connectivity index (χ1v) is 11.6. The van der Waals surface area contributed by atoms with Crippen molar-refractivity contribution in [3.05, 3.63) is 58.3 Å². The minimum Gasteiger partial charge on any atom is -0.372 e. The molecule has 2 heterocycles. The number of benzene rings is 1. The lowest BCUT2D eigenvalue weighted by Crippen LogP contribution is -2.49. The molecule has 0 aliphatic carbocycles. The predicted octanol–water partition coefficient (Wildman–Crippen LogP) is 5.44. The fourth-order valence-corrected chi connectivity index (χ4v) is 4.53. The molecule has 0 spiro atoms. The van der Waals surface area contributed by atoms with Gasteiger partial charge in [-0.3, -0.25) is 9.69 Å². The second-order valence-corrected chi connectivity index (χ2v) is 9.42. The van der Waals surface area contributed by atoms with E-state index in [9.17, 15) is 4.79 Å². The fourth-order valence-electron chi connectivity index (χ4n) is 3.75. The van der Waals surface area contributed by atoms with Gasteiger partial charge < -0.3 is 9.64 Å². The van der Waals surface area contributed by atoms with Crippen LogP contribution in [0.3, 0.4) is 0 Å². The Labute approximate surface area is 203 Å². The third-order valence-corrected chi connectivity index (χ3v) is 6.32. The molecule has 1 aromatic carbocycles. The van der Waals surface area contributed by atoms with Crippen LogP contribution in [0.25, 0.3) is 0 Å². The number of Topliss-reactive ketones (excluding diaryl/α,β-unsaturated/α-hetero) is 1. The molecule has 0 amide bonds. The molecule has 0 saturated carbocycles. The summed E-state index contributed by atoms with van der Waals surface area (Å²) in [6.45, 7) is 13.1. The Kier molecular flexibility index (Phi) is 12.9. The minimum atomic E-state index is 0. The Morgan fingerprint density at radius 3 is 2.10 bits per heavy atom. The highest BCUT2D eigenvalue weighted by atomic mass is 35.5. The van der Waals surface area contributed by atoms with E-state index < -0.39 is 0 Å². The number of ketones is 1. The Morgan fingerprint density at radius 2 is 1.55 bits per heavy atom. The van der Waals surface area contributed by atoms with E-state index in [-0.39, 0.29) is 42.6 Å². The maximum Gasteiger partial charge on any atom is 0.176 e. The summed E-state index contributed by atoms with van der Waals surface area (Å²) in [5.74, 6) is 0.848. The SMILES string of the molecule is CC(C)COC(CN1CCN(CC(C)C(=O)c2cccs2)CC1)c1ccccc1.Cl.Cl. The summed E-state index contributed by atoms with van der Waals surface area (Å²) < 4.78 is 6.26. The Bertz CT molecular complexity index is 735. The number of nitrogens with zero attached hydrogens (tertiary/aromatic N) is 2. The molecule has 1 saturated heterocycles. The molecular formula is C24H36Cl2N2O2S. The average molecular weight is 488 g/mol. The number of hydrogen-bond acceptors (Lipinski definition) is 5. The number of carbonyl (C=O) groups excluding carboxylic acids is 1. The zero-order chi connectivity index (χ0) is 20.6. The van der Waals surface area contributed by atoms with E-state index in [0.29, 0.717) is 5.92 Å². The molecule has 1 aromatic heterocycles. The van der Waals surface area contributed by atoms with Crippen LogP contribution in [-0.4, -0.2) is 61.5 Å². The number of thiophene rings is 1. The largest absolute Gasteiger partial charge is 0.372 e. The van der Waals surface area contributed by atoms with Crippen LogP contribution >= 0.6 is 36.2 Å². The molecule has 31 heavy (non-hydrogen) atoms. The fraction of sp³-hybridized carbons (Fsp3) is 0.542. The van der Waals surface area contributed by atoms with E-state index >= 15 is 0 Å². The van der Waals surface area contributed by atoms with Crippen LogP contribution in [0, 0.1) is 11.8 Å². The highest BCUT2D eigenvalue weighted by Crippen LogP contribution is 2.21. The van der Waals surface area contributed by atoms with Gasteiger partial charge in [-0.2, -0.15) is 0 Å². The topological polar surface area (TPSA) is 32.8 Å². The van der Waals surface area contributed by atoms with E-state index in [0.717, 1.165) is 50.8 Å². The average Bonchev–Trinajstić information content (AvgIpc) is 3.27. The van der Waals surface area contributed by atoms with Crippen molar-refractivity contribution in [1.82, 2.24) is 9.80 Å². The van der Waals surface area contributed by atoms with E-state index in [1.54, 1.807) is 11.3 Å². The highest BCUT2D eigenvalue weighted by Gasteiger charge is 2.25. The zero-order valence-corrected chi connectivity index (χ0v) is 21.2. The van der Waals surface area contributed by atoms with Crippen molar-refractivity contribution in [3.63, 3.8) is 0 Å². The molecule has 0 bridgehead atoms. The number of halogens is 2. The lowest BCUT2D eigenvalue weighted by Gasteiger charge is -2.37. The van der Waals surface area contributed by atoms with Gasteiger partial charge >= 0.3 is 0 Å². The van der Waals surface area contributed by atoms with Gasteiger partial charge in [-0.1, -0.05) is 57.2 Å². The summed E-state index contributed by atoms with van der Waals surface area (Å²) in [6.07, 6.45) is 0.115. The standard InChI is InChI=1S/C24H34N2O2S.2ClH/c1-19(2)18-28-22(21-8-5-4-6-9-21)17-26-13-11-25(12-14-26)16-20(3)24(27)23-10-7-15-29-23;;/h4-10,15,19-20,22H,11-14,16-18H2,1-3H3;2*1H. The van der Waals surface area contributed by atoms with Gasteiger partial charge in [0.05, 0.1) is 11.0 Å². The molecule has 4 nitrogen and oxygen atoms in total. The first kappa shape index (κ1) is 28.1. The van der Waals surface area contributed by atoms with Crippen molar-refractivity contribution < 1.29 is 9.53 Å². The van der Waals surface area contributed by atoms with Crippen LogP contribution in [0.15, 0.2) is 47.8 Å². The van der Waals surface area contributed by atoms with Crippen molar-refractivity contribution in [2.45, 2.75) is 26.9 Å². The number of carbonyl (C=O) groups is 1. The van der Waals surface area contributed by atoms with Gasteiger partial charge in [-0.25, -0.2) is 0 Å². The summed E-state index contributed by atoms with van der Waals surface area (Å²) in [4.78, 5) is 18.3. The summed E-state index contributed by atoms with van der Waals surface area (Å²) in [6, 6.07) is 14.4. The quantitative estimate of drug-likeness (QED) is 0.418. The molecular weight excluding hydrogens is 451 g/mol. The van der Waals surface area contributed by atoms with Crippen molar-refractivity contribution in [1.29, 1.82) is 0 Å². The highest BCUT2D eigenvalue weighted by molar-refractivity contribution is 7.12. The summed E-state index contributed by atoms with van der Waals surface area (Å²) in [7, 11) is 0. The zero-order valence-electron chi connectivity index (χ0n) is 18.7. The Hall–Kier alpha value is -0.950. The van der Waals surface area contributed by atoms with Gasteiger partial charge in [0.1, 0.15) is 0 Å². The van der Waals surface area contributed by atoms with Crippen molar-refractivity contribution in [2.24, 2.45) is 11.8 Å². The van der Waals surface area contributed by atoms with Gasteiger partial charge in [-0.05, 0) is 22.9 Å². The Balaban J connectivity index is 0.00000240. The third kappa shape index (κ3) is 8.83. The predicted molar refractivity (Wildman–Crippen MR) is 135 cm³/mol. The summed E-state index contributed by atoms with van der Waals surface area (Å²) >= 11 is 1.54. The molecule has 2 atom stereocenters. The minimum absolute atomic E-state index is 0. The van der Waals surface area contributed by atoms with Gasteiger partial charge in [0, 0.05) is 51.8 Å². The van der Waals surface area contributed by atoms with E-state index in [1.807, 2.05) is 17.5 Å². The molecule has 1 aliphatic heterocycles. The van der Waals surface area contributed by atoms with E-state index in [4.69, 9.17) is 4.74 Å². The van der Waals surface area contributed by atoms with Crippen LogP contribution in [0.2, 0.25) is 0 Å². The maximum absolute atomic E-state index is 12.5. The monoisotopic (exact) mass is 486 g/mol. The van der Waals surface area contributed by atoms with Crippen LogP contribution in [0.1, 0.15) is 42.1 Å². The normalized spacial score (nSPS) is 16.9. The van der Waals surface area contributed by atoms with Gasteiger partial charge in [0.2, 0.25) is 0 Å². The molecule has 2 aromatic rings. The molecule has 174 valence electrons. The number of hydrogen-bond donors (Lipinski definition) is 0. The summed E-state index contributed by atoms with van der Waals surface area (Å²) in [5, 5.41) is 1.98. The second kappa shape index (κ2) is 14.2. The van der Waals surface area contributed by atoms with E-state index in [2.05, 4.69) is 60.9 Å². The molecule has 0 radical (unpaired) electrons. The second-order valence-electron chi connectivity index (χ2n) is 8.47. The molecule has 1 aliphatic rings. The Morgan fingerprint density at radius 1 is 0.935 bits per heavy atom. The number of piperazine rings is 1. The lowest BCUT2D eigenvalue weighted by molar-refractivity contribution is -0.000149. The van der Waals surface area contributed by atoms with Crippen LogP contribution in [0.4, 0.5) is 0 Å². The smallest absolute Gasteiger partial charge is 0.176 e. The molecule has 1 fully saturated rings.